The Hall–Kier alpha value is -2.27. The summed E-state index contributed by atoms with van der Waals surface area (Å²) in [7, 11) is 0. The summed E-state index contributed by atoms with van der Waals surface area (Å²) in [5, 5.41) is 2.90. The molecule has 0 spiro atoms. The van der Waals surface area contributed by atoms with Gasteiger partial charge in [0.15, 0.2) is 0 Å². The molecule has 1 saturated heterocycles. The van der Waals surface area contributed by atoms with Gasteiger partial charge in [0.2, 0.25) is 11.8 Å². The van der Waals surface area contributed by atoms with Crippen LogP contribution in [-0.2, 0) is 9.59 Å². The Morgan fingerprint density at radius 2 is 1.93 bits per heavy atom. The van der Waals surface area contributed by atoms with Crippen molar-refractivity contribution in [1.29, 1.82) is 0 Å². The van der Waals surface area contributed by atoms with E-state index >= 15 is 0 Å². The van der Waals surface area contributed by atoms with Crippen molar-refractivity contribution in [2.24, 2.45) is 0 Å². The molecule has 0 saturated carbocycles. The van der Waals surface area contributed by atoms with Crippen molar-refractivity contribution < 1.29 is 9.59 Å². The van der Waals surface area contributed by atoms with Gasteiger partial charge in [-0.2, -0.15) is 0 Å². The number of aryl methyl sites for hydroxylation is 2. The van der Waals surface area contributed by atoms with Crippen LogP contribution in [0.2, 0.25) is 0 Å². The van der Waals surface area contributed by atoms with Crippen LogP contribution in [0.4, 0.5) is 11.4 Å². The number of nitrogens with one attached hydrogen (secondary N) is 1. The van der Waals surface area contributed by atoms with Crippen LogP contribution in [0.1, 0.15) is 48.3 Å². The zero-order valence-corrected chi connectivity index (χ0v) is 16.9. The second-order valence-electron chi connectivity index (χ2n) is 6.99. The number of hydrogen-bond donors (Lipinski definition) is 1. The van der Waals surface area contributed by atoms with Gasteiger partial charge in [0.05, 0.1) is 5.75 Å². The monoisotopic (exact) mass is 382 g/mol. The van der Waals surface area contributed by atoms with Gasteiger partial charge >= 0.3 is 0 Å². The minimum atomic E-state index is -0.0382. The van der Waals surface area contributed by atoms with Crippen LogP contribution in [0.15, 0.2) is 42.5 Å². The predicted octanol–water partition coefficient (Wildman–Crippen LogP) is 5.21. The summed E-state index contributed by atoms with van der Waals surface area (Å²) < 4.78 is 0. The third-order valence-corrected chi connectivity index (χ3v) is 5.93. The first-order valence-electron chi connectivity index (χ1n) is 9.40. The van der Waals surface area contributed by atoms with Crippen LogP contribution in [0, 0.1) is 13.8 Å². The van der Waals surface area contributed by atoms with Gasteiger partial charge < -0.3 is 5.32 Å². The van der Waals surface area contributed by atoms with Crippen molar-refractivity contribution in [2.45, 2.75) is 45.4 Å². The topological polar surface area (TPSA) is 49.4 Å². The Balaban J connectivity index is 1.78. The lowest BCUT2D eigenvalue weighted by atomic mass is 10.1. The van der Waals surface area contributed by atoms with Crippen molar-refractivity contribution in [2.75, 3.05) is 16.0 Å². The predicted molar refractivity (Wildman–Crippen MR) is 113 cm³/mol. The smallest absolute Gasteiger partial charge is 0.238 e. The Labute approximate surface area is 165 Å². The average molecular weight is 383 g/mol. The summed E-state index contributed by atoms with van der Waals surface area (Å²) in [6.07, 6.45) is 2.45. The highest BCUT2D eigenvalue weighted by molar-refractivity contribution is 8.00. The standard InChI is InChI=1S/C22H26N2O2S/c1-4-5-6-20(25)23-18-10-8-17(9-11-18)22-24(21(26)14-27-22)19-12-7-15(2)13-16(19)3/h7-13,22H,4-6,14H2,1-3H3,(H,23,25)/t22-/m1/s1. The number of unbranched alkanes of at least 4 members (excludes halogenated alkanes) is 1. The van der Waals surface area contributed by atoms with Gasteiger partial charge in [0.25, 0.3) is 0 Å². The normalized spacial score (nSPS) is 16.6. The molecule has 1 heterocycles. The fourth-order valence-corrected chi connectivity index (χ4v) is 4.47. The molecule has 0 aliphatic carbocycles. The van der Waals surface area contributed by atoms with Gasteiger partial charge in [0.1, 0.15) is 5.37 Å². The van der Waals surface area contributed by atoms with E-state index < -0.39 is 0 Å². The van der Waals surface area contributed by atoms with E-state index in [0.717, 1.165) is 35.3 Å². The zero-order chi connectivity index (χ0) is 19.4. The van der Waals surface area contributed by atoms with Crippen LogP contribution in [0.5, 0.6) is 0 Å². The SMILES string of the molecule is CCCCC(=O)Nc1ccc([C@H]2SCC(=O)N2c2ccc(C)cc2C)cc1. The van der Waals surface area contributed by atoms with Crippen molar-refractivity contribution in [3.8, 4) is 0 Å². The highest BCUT2D eigenvalue weighted by Crippen LogP contribution is 2.43. The number of hydrogen-bond acceptors (Lipinski definition) is 3. The second-order valence-corrected chi connectivity index (χ2v) is 8.06. The molecule has 0 radical (unpaired) electrons. The van der Waals surface area contributed by atoms with Crippen molar-refractivity contribution in [3.05, 3.63) is 59.2 Å². The van der Waals surface area contributed by atoms with Crippen LogP contribution < -0.4 is 10.2 Å². The van der Waals surface area contributed by atoms with E-state index in [4.69, 9.17) is 0 Å². The molecule has 0 unspecified atom stereocenters. The van der Waals surface area contributed by atoms with E-state index in [-0.39, 0.29) is 17.2 Å². The first kappa shape index (κ1) is 19.5. The molecular weight excluding hydrogens is 356 g/mol. The highest BCUT2D eigenvalue weighted by Gasteiger charge is 2.34. The molecule has 0 aromatic heterocycles. The molecule has 5 heteroatoms. The fraction of sp³-hybridized carbons (Fsp3) is 0.364. The van der Waals surface area contributed by atoms with Crippen LogP contribution >= 0.6 is 11.8 Å². The minimum Gasteiger partial charge on any atom is -0.326 e. The lowest BCUT2D eigenvalue weighted by Crippen LogP contribution is -2.28. The van der Waals surface area contributed by atoms with E-state index in [0.29, 0.717) is 12.2 Å². The van der Waals surface area contributed by atoms with E-state index in [1.807, 2.05) is 48.2 Å². The summed E-state index contributed by atoms with van der Waals surface area (Å²) in [4.78, 5) is 26.3. The Morgan fingerprint density at radius 3 is 2.59 bits per heavy atom. The Bertz CT molecular complexity index is 833. The molecule has 1 aliphatic heterocycles. The maximum absolute atomic E-state index is 12.6. The molecule has 1 atom stereocenters. The quantitative estimate of drug-likeness (QED) is 0.746. The summed E-state index contributed by atoms with van der Waals surface area (Å²) >= 11 is 1.64. The minimum absolute atomic E-state index is 0.0382. The van der Waals surface area contributed by atoms with Crippen LogP contribution in [-0.4, -0.2) is 17.6 Å². The van der Waals surface area contributed by atoms with Gasteiger partial charge in [-0.1, -0.05) is 43.2 Å². The van der Waals surface area contributed by atoms with Crippen molar-refractivity contribution in [1.82, 2.24) is 0 Å². The van der Waals surface area contributed by atoms with Crippen LogP contribution in [0.3, 0.4) is 0 Å². The third kappa shape index (κ3) is 4.53. The van der Waals surface area contributed by atoms with Gasteiger partial charge in [0, 0.05) is 17.8 Å². The second kappa shape index (κ2) is 8.61. The molecule has 3 rings (SSSR count). The third-order valence-electron chi connectivity index (χ3n) is 4.72. The number of thioether (sulfide) groups is 1. The number of nitrogens with zero attached hydrogens (tertiary/aromatic N) is 1. The van der Waals surface area contributed by atoms with Gasteiger partial charge in [-0.25, -0.2) is 0 Å². The van der Waals surface area contributed by atoms with Gasteiger partial charge in [-0.15, -0.1) is 11.8 Å². The summed E-state index contributed by atoms with van der Waals surface area (Å²) in [6.45, 7) is 6.18. The largest absolute Gasteiger partial charge is 0.326 e. The summed E-state index contributed by atoms with van der Waals surface area (Å²) in [6, 6.07) is 14.0. The van der Waals surface area contributed by atoms with Gasteiger partial charge in [-0.05, 0) is 49.6 Å². The number of benzene rings is 2. The molecule has 142 valence electrons. The Kier molecular flexibility index (Phi) is 6.22. The summed E-state index contributed by atoms with van der Waals surface area (Å²) in [5.41, 5.74) is 5.13. The molecule has 1 fully saturated rings. The molecule has 1 aliphatic rings. The lowest BCUT2D eigenvalue weighted by Gasteiger charge is -2.26. The first-order chi connectivity index (χ1) is 13.0. The Morgan fingerprint density at radius 1 is 1.19 bits per heavy atom. The van der Waals surface area contributed by atoms with E-state index in [1.54, 1.807) is 11.8 Å². The number of carbonyl (C=O) groups is 2. The lowest BCUT2D eigenvalue weighted by molar-refractivity contribution is -0.116. The van der Waals surface area contributed by atoms with Crippen LogP contribution in [0.25, 0.3) is 0 Å². The number of rotatable bonds is 6. The molecule has 1 N–H and O–H groups in total. The molecule has 2 amide bonds. The molecule has 27 heavy (non-hydrogen) atoms. The molecule has 2 aromatic carbocycles. The molecule has 2 aromatic rings. The van der Waals surface area contributed by atoms with Crippen molar-refractivity contribution in [3.63, 3.8) is 0 Å². The molecule has 4 nitrogen and oxygen atoms in total. The maximum atomic E-state index is 12.6. The number of amides is 2. The first-order valence-corrected chi connectivity index (χ1v) is 10.4. The number of carbonyl (C=O) groups excluding carboxylic acids is 2. The highest BCUT2D eigenvalue weighted by atomic mass is 32.2. The number of anilines is 2. The fourth-order valence-electron chi connectivity index (χ4n) is 3.30. The molecule has 0 bridgehead atoms. The van der Waals surface area contributed by atoms with Gasteiger partial charge in [-0.3, -0.25) is 14.5 Å². The van der Waals surface area contributed by atoms with Crippen molar-refractivity contribution >= 4 is 35.0 Å². The average Bonchev–Trinajstić information content (AvgIpc) is 3.02. The zero-order valence-electron chi connectivity index (χ0n) is 16.1. The van der Waals surface area contributed by atoms with E-state index in [2.05, 4.69) is 25.2 Å². The molecular formula is C22H26N2O2S. The maximum Gasteiger partial charge on any atom is 0.238 e. The van der Waals surface area contributed by atoms with E-state index in [1.165, 1.54) is 5.56 Å². The van der Waals surface area contributed by atoms with E-state index in [9.17, 15) is 9.59 Å². The summed E-state index contributed by atoms with van der Waals surface area (Å²) in [5.74, 6) is 0.661.